The lowest BCUT2D eigenvalue weighted by molar-refractivity contribution is -0.116. The van der Waals surface area contributed by atoms with Crippen molar-refractivity contribution in [1.82, 2.24) is 4.72 Å². The molecule has 2 N–H and O–H groups in total. The van der Waals surface area contributed by atoms with E-state index < -0.39 is 32.5 Å². The molecule has 5 nitrogen and oxygen atoms in total. The van der Waals surface area contributed by atoms with Crippen LogP contribution in [-0.2, 0) is 14.8 Å². The van der Waals surface area contributed by atoms with Gasteiger partial charge in [0.2, 0.25) is 15.9 Å². The number of anilines is 1. The summed E-state index contributed by atoms with van der Waals surface area (Å²) in [5.41, 5.74) is 1.22. The van der Waals surface area contributed by atoms with Gasteiger partial charge in [0.1, 0.15) is 0 Å². The zero-order chi connectivity index (χ0) is 18.6. The number of hydrogen-bond acceptors (Lipinski definition) is 3. The van der Waals surface area contributed by atoms with Gasteiger partial charge in [-0.25, -0.2) is 21.9 Å². The lowest BCUT2D eigenvalue weighted by Gasteiger charge is -2.10. The maximum atomic E-state index is 13.1. The van der Waals surface area contributed by atoms with Gasteiger partial charge in [-0.2, -0.15) is 0 Å². The highest BCUT2D eigenvalue weighted by Gasteiger charge is 2.16. The van der Waals surface area contributed by atoms with Crippen molar-refractivity contribution in [3.63, 3.8) is 0 Å². The summed E-state index contributed by atoms with van der Waals surface area (Å²) in [6, 6.07) is 7.27. The molecule has 0 bridgehead atoms. The van der Waals surface area contributed by atoms with Gasteiger partial charge in [-0.05, 0) is 42.8 Å². The molecule has 0 saturated carbocycles. The molecule has 0 spiro atoms. The molecule has 0 aliphatic rings. The normalized spacial score (nSPS) is 11.4. The molecule has 0 saturated heterocycles. The fourth-order valence-electron chi connectivity index (χ4n) is 1.98. The van der Waals surface area contributed by atoms with E-state index >= 15 is 0 Å². The number of amides is 1. The zero-order valence-corrected chi connectivity index (χ0v) is 14.7. The number of nitrogens with one attached hydrogen (secondary N) is 2. The molecule has 0 aromatic heterocycles. The van der Waals surface area contributed by atoms with Gasteiger partial charge in [0.15, 0.2) is 11.6 Å². The topological polar surface area (TPSA) is 75.3 Å². The van der Waals surface area contributed by atoms with Gasteiger partial charge in [0, 0.05) is 23.7 Å². The van der Waals surface area contributed by atoms with Crippen molar-refractivity contribution in [2.45, 2.75) is 18.2 Å². The van der Waals surface area contributed by atoms with E-state index in [1.807, 2.05) is 0 Å². The van der Waals surface area contributed by atoms with Crippen LogP contribution in [0.5, 0.6) is 0 Å². The molecule has 0 radical (unpaired) electrons. The summed E-state index contributed by atoms with van der Waals surface area (Å²) in [5.74, 6) is -2.83. The van der Waals surface area contributed by atoms with Crippen LogP contribution in [0, 0.1) is 18.6 Å². The maximum absolute atomic E-state index is 13.1. The summed E-state index contributed by atoms with van der Waals surface area (Å²) in [6.45, 7) is 1.54. The number of benzene rings is 2. The Kier molecular flexibility index (Phi) is 6.10. The molecule has 9 heteroatoms. The van der Waals surface area contributed by atoms with Gasteiger partial charge >= 0.3 is 0 Å². The van der Waals surface area contributed by atoms with E-state index in [0.29, 0.717) is 22.3 Å². The highest BCUT2D eigenvalue weighted by Crippen LogP contribution is 2.23. The third-order valence-corrected chi connectivity index (χ3v) is 5.26. The van der Waals surface area contributed by atoms with E-state index in [1.165, 1.54) is 0 Å². The summed E-state index contributed by atoms with van der Waals surface area (Å²) in [4.78, 5) is 11.5. The van der Waals surface area contributed by atoms with Crippen LogP contribution in [-0.4, -0.2) is 20.9 Å². The number of hydrogen-bond donors (Lipinski definition) is 2. The lowest BCUT2D eigenvalue weighted by atomic mass is 10.2. The van der Waals surface area contributed by atoms with Crippen molar-refractivity contribution in [2.24, 2.45) is 0 Å². The molecule has 25 heavy (non-hydrogen) atoms. The molecule has 0 unspecified atom stereocenters. The van der Waals surface area contributed by atoms with Crippen molar-refractivity contribution in [3.8, 4) is 0 Å². The van der Waals surface area contributed by atoms with Crippen LogP contribution in [0.25, 0.3) is 0 Å². The second-order valence-electron chi connectivity index (χ2n) is 5.18. The summed E-state index contributed by atoms with van der Waals surface area (Å²) in [5, 5.41) is 3.12. The fourth-order valence-corrected chi connectivity index (χ4v) is 3.20. The number of carbonyl (C=O) groups is 1. The minimum atomic E-state index is -4.04. The monoisotopic (exact) mass is 388 g/mol. The quantitative estimate of drug-likeness (QED) is 0.797. The van der Waals surface area contributed by atoms with Crippen molar-refractivity contribution in [3.05, 3.63) is 58.6 Å². The third-order valence-electron chi connectivity index (χ3n) is 3.39. The van der Waals surface area contributed by atoms with Gasteiger partial charge in [-0.1, -0.05) is 17.7 Å². The molecule has 0 atom stereocenters. The number of rotatable bonds is 6. The van der Waals surface area contributed by atoms with Crippen molar-refractivity contribution in [1.29, 1.82) is 0 Å². The van der Waals surface area contributed by atoms with Crippen LogP contribution in [0.1, 0.15) is 12.0 Å². The Morgan fingerprint density at radius 2 is 1.88 bits per heavy atom. The standard InChI is InChI=1S/C16H15ClF2N2O3S/c1-10-12(17)3-2-4-15(10)21-16(22)7-8-20-25(23,24)11-5-6-13(18)14(19)9-11/h2-6,9,20H,7-8H2,1H3,(H,21,22). The second-order valence-corrected chi connectivity index (χ2v) is 7.36. The Bertz CT molecular complexity index is 904. The summed E-state index contributed by atoms with van der Waals surface area (Å²) in [6.07, 6.45) is -0.144. The largest absolute Gasteiger partial charge is 0.326 e. The van der Waals surface area contributed by atoms with E-state index in [4.69, 9.17) is 11.6 Å². The van der Waals surface area contributed by atoms with Crippen LogP contribution in [0.3, 0.4) is 0 Å². The van der Waals surface area contributed by atoms with Crippen molar-refractivity contribution < 1.29 is 22.0 Å². The molecular formula is C16H15ClF2N2O3S. The van der Waals surface area contributed by atoms with Gasteiger partial charge in [0.05, 0.1) is 4.90 Å². The van der Waals surface area contributed by atoms with Gasteiger partial charge < -0.3 is 5.32 Å². The van der Waals surface area contributed by atoms with Crippen LogP contribution < -0.4 is 10.0 Å². The van der Waals surface area contributed by atoms with Crippen LogP contribution in [0.2, 0.25) is 5.02 Å². The lowest BCUT2D eigenvalue weighted by Crippen LogP contribution is -2.28. The molecule has 0 aliphatic carbocycles. The number of halogens is 3. The minimum absolute atomic E-state index is 0.144. The average Bonchev–Trinajstić information content (AvgIpc) is 2.54. The Balaban J connectivity index is 1.94. The van der Waals surface area contributed by atoms with E-state index in [1.54, 1.807) is 25.1 Å². The molecule has 2 rings (SSSR count). The molecule has 134 valence electrons. The molecule has 0 heterocycles. The molecule has 2 aromatic carbocycles. The van der Waals surface area contributed by atoms with Gasteiger partial charge in [-0.15, -0.1) is 0 Å². The predicted molar refractivity (Wildman–Crippen MR) is 91.0 cm³/mol. The van der Waals surface area contributed by atoms with Crippen LogP contribution in [0.15, 0.2) is 41.3 Å². The Morgan fingerprint density at radius 1 is 1.16 bits per heavy atom. The molecular weight excluding hydrogens is 374 g/mol. The molecule has 2 aromatic rings. The molecule has 0 aliphatic heterocycles. The first-order valence-corrected chi connectivity index (χ1v) is 9.06. The average molecular weight is 389 g/mol. The molecule has 1 amide bonds. The number of carbonyl (C=O) groups excluding carboxylic acids is 1. The fraction of sp³-hybridized carbons (Fsp3) is 0.188. The van der Waals surface area contributed by atoms with E-state index in [0.717, 1.165) is 12.1 Å². The summed E-state index contributed by atoms with van der Waals surface area (Å²) in [7, 11) is -4.04. The smallest absolute Gasteiger partial charge is 0.240 e. The maximum Gasteiger partial charge on any atom is 0.240 e. The SMILES string of the molecule is Cc1c(Cl)cccc1NC(=O)CCNS(=O)(=O)c1ccc(F)c(F)c1. The Morgan fingerprint density at radius 3 is 2.56 bits per heavy atom. The number of sulfonamides is 1. The van der Waals surface area contributed by atoms with Gasteiger partial charge in [0.25, 0.3) is 0 Å². The second kappa shape index (κ2) is 7.90. The highest BCUT2D eigenvalue weighted by atomic mass is 35.5. The Hall–Kier alpha value is -2.03. The zero-order valence-electron chi connectivity index (χ0n) is 13.1. The first-order valence-electron chi connectivity index (χ1n) is 7.20. The summed E-state index contributed by atoms with van der Waals surface area (Å²) >= 11 is 5.95. The van der Waals surface area contributed by atoms with E-state index in [9.17, 15) is 22.0 Å². The summed E-state index contributed by atoms with van der Waals surface area (Å²) < 4.78 is 52.1. The first-order chi connectivity index (χ1) is 11.7. The van der Waals surface area contributed by atoms with E-state index in [-0.39, 0.29) is 13.0 Å². The highest BCUT2D eigenvalue weighted by molar-refractivity contribution is 7.89. The van der Waals surface area contributed by atoms with Crippen molar-refractivity contribution >= 4 is 33.2 Å². The first kappa shape index (κ1) is 19.3. The Labute approximate surface area is 149 Å². The molecule has 0 fully saturated rings. The van der Waals surface area contributed by atoms with Crippen LogP contribution in [0.4, 0.5) is 14.5 Å². The van der Waals surface area contributed by atoms with Gasteiger partial charge in [-0.3, -0.25) is 4.79 Å². The predicted octanol–water partition coefficient (Wildman–Crippen LogP) is 3.23. The van der Waals surface area contributed by atoms with Crippen molar-refractivity contribution in [2.75, 3.05) is 11.9 Å². The minimum Gasteiger partial charge on any atom is -0.326 e. The third kappa shape index (κ3) is 4.97. The van der Waals surface area contributed by atoms with E-state index in [2.05, 4.69) is 10.0 Å². The van der Waals surface area contributed by atoms with Crippen LogP contribution >= 0.6 is 11.6 Å².